The highest BCUT2D eigenvalue weighted by Crippen LogP contribution is 2.10. The Morgan fingerprint density at radius 1 is 1.38 bits per heavy atom. The molecular formula is C11H17N3O2. The van der Waals surface area contributed by atoms with E-state index in [0.29, 0.717) is 11.7 Å². The van der Waals surface area contributed by atoms with Crippen molar-refractivity contribution < 1.29 is 9.53 Å². The molecule has 0 saturated heterocycles. The van der Waals surface area contributed by atoms with Crippen LogP contribution in [0.15, 0.2) is 12.4 Å². The Labute approximate surface area is 95.5 Å². The first-order chi connectivity index (χ1) is 7.50. The summed E-state index contributed by atoms with van der Waals surface area (Å²) in [5.41, 5.74) is 1.07. The molecule has 0 spiro atoms. The molecule has 1 rings (SSSR count). The summed E-state index contributed by atoms with van der Waals surface area (Å²) in [5, 5.41) is 0. The molecule has 0 radical (unpaired) electrons. The van der Waals surface area contributed by atoms with Gasteiger partial charge in [0.25, 0.3) is 0 Å². The second kappa shape index (κ2) is 5.44. The maximum atomic E-state index is 11.1. The fourth-order valence-electron chi connectivity index (χ4n) is 0.993. The smallest absolute Gasteiger partial charge is 0.409 e. The summed E-state index contributed by atoms with van der Waals surface area (Å²) in [5.74, 6) is 0.915. The van der Waals surface area contributed by atoms with Crippen molar-refractivity contribution in [2.24, 2.45) is 0 Å². The Balaban J connectivity index is 2.53. The molecule has 0 aliphatic carbocycles. The Morgan fingerprint density at radius 3 is 2.38 bits per heavy atom. The van der Waals surface area contributed by atoms with E-state index in [4.69, 9.17) is 4.74 Å². The van der Waals surface area contributed by atoms with E-state index in [1.54, 1.807) is 26.5 Å². The Bertz CT molecular complexity index is 347. The maximum absolute atomic E-state index is 11.1. The first-order valence-electron chi connectivity index (χ1n) is 5.15. The van der Waals surface area contributed by atoms with Crippen LogP contribution in [0, 0.1) is 0 Å². The number of ether oxygens (including phenoxy) is 1. The molecule has 0 unspecified atom stereocenters. The third-order valence-corrected chi connectivity index (χ3v) is 2.08. The van der Waals surface area contributed by atoms with Crippen molar-refractivity contribution in [1.29, 1.82) is 0 Å². The van der Waals surface area contributed by atoms with Crippen LogP contribution >= 0.6 is 0 Å². The van der Waals surface area contributed by atoms with E-state index >= 15 is 0 Å². The topological polar surface area (TPSA) is 55.3 Å². The van der Waals surface area contributed by atoms with Gasteiger partial charge < -0.3 is 9.64 Å². The van der Waals surface area contributed by atoms with Crippen molar-refractivity contribution in [2.45, 2.75) is 26.4 Å². The zero-order chi connectivity index (χ0) is 12.1. The van der Waals surface area contributed by atoms with E-state index in [9.17, 15) is 4.79 Å². The molecule has 0 bridgehead atoms. The van der Waals surface area contributed by atoms with E-state index in [1.807, 2.05) is 0 Å². The Hall–Kier alpha value is -1.65. The highest BCUT2D eigenvalue weighted by molar-refractivity contribution is 5.66. The number of amides is 1. The molecular weight excluding hydrogens is 206 g/mol. The normalized spacial score (nSPS) is 10.3. The molecule has 0 aliphatic heterocycles. The molecule has 5 heteroatoms. The summed E-state index contributed by atoms with van der Waals surface area (Å²) in [6.45, 7) is 4.25. The van der Waals surface area contributed by atoms with Gasteiger partial charge in [-0.3, -0.25) is 0 Å². The number of carbonyl (C=O) groups excluding carboxylic acids is 1. The van der Waals surface area contributed by atoms with Gasteiger partial charge in [-0.05, 0) is 11.5 Å². The maximum Gasteiger partial charge on any atom is 0.409 e. The third-order valence-electron chi connectivity index (χ3n) is 2.08. The number of carbonyl (C=O) groups is 1. The fourth-order valence-corrected chi connectivity index (χ4v) is 0.993. The van der Waals surface area contributed by atoms with Crippen molar-refractivity contribution in [2.75, 3.05) is 14.1 Å². The van der Waals surface area contributed by atoms with Gasteiger partial charge >= 0.3 is 6.09 Å². The van der Waals surface area contributed by atoms with Gasteiger partial charge in [-0.25, -0.2) is 14.8 Å². The lowest BCUT2D eigenvalue weighted by molar-refractivity contribution is 0.109. The molecule has 0 aromatic carbocycles. The Kier molecular flexibility index (Phi) is 4.22. The predicted octanol–water partition coefficient (Wildman–Crippen LogP) is 1.80. The molecule has 5 nitrogen and oxygen atoms in total. The van der Waals surface area contributed by atoms with Crippen molar-refractivity contribution in [3.05, 3.63) is 23.8 Å². The highest BCUT2D eigenvalue weighted by Gasteiger charge is 2.06. The van der Waals surface area contributed by atoms with Gasteiger partial charge in [0.15, 0.2) is 12.4 Å². The first-order valence-corrected chi connectivity index (χ1v) is 5.15. The van der Waals surface area contributed by atoms with E-state index < -0.39 is 6.09 Å². The lowest BCUT2D eigenvalue weighted by Crippen LogP contribution is -2.22. The standard InChI is InChI=1S/C11H17N3O2/c1-8(2)9-5-12-10(13-6-9)7-16-11(15)14(3)4/h5-6,8H,7H2,1-4H3. The summed E-state index contributed by atoms with van der Waals surface area (Å²) >= 11 is 0. The van der Waals surface area contributed by atoms with Crippen LogP contribution in [0.5, 0.6) is 0 Å². The van der Waals surface area contributed by atoms with Crippen LogP contribution in [-0.2, 0) is 11.3 Å². The molecule has 1 heterocycles. The van der Waals surface area contributed by atoms with Crippen molar-refractivity contribution >= 4 is 6.09 Å². The molecule has 16 heavy (non-hydrogen) atoms. The predicted molar refractivity (Wildman–Crippen MR) is 60.0 cm³/mol. The first kappa shape index (κ1) is 12.4. The van der Waals surface area contributed by atoms with Crippen LogP contribution in [0.1, 0.15) is 31.2 Å². The quantitative estimate of drug-likeness (QED) is 0.784. The van der Waals surface area contributed by atoms with E-state index in [2.05, 4.69) is 23.8 Å². The second-order valence-electron chi connectivity index (χ2n) is 4.04. The van der Waals surface area contributed by atoms with E-state index in [-0.39, 0.29) is 6.61 Å². The zero-order valence-electron chi connectivity index (χ0n) is 10.1. The SMILES string of the molecule is CC(C)c1cnc(COC(=O)N(C)C)nc1. The lowest BCUT2D eigenvalue weighted by atomic mass is 10.1. The molecule has 1 amide bonds. The number of aromatic nitrogens is 2. The summed E-state index contributed by atoms with van der Waals surface area (Å²) in [7, 11) is 3.26. The van der Waals surface area contributed by atoms with Crippen LogP contribution < -0.4 is 0 Å². The molecule has 0 saturated carbocycles. The highest BCUT2D eigenvalue weighted by atomic mass is 16.6. The molecule has 1 aromatic heterocycles. The molecule has 0 aliphatic rings. The molecule has 0 fully saturated rings. The second-order valence-corrected chi connectivity index (χ2v) is 4.04. The summed E-state index contributed by atoms with van der Waals surface area (Å²) in [6.07, 6.45) is 3.13. The van der Waals surface area contributed by atoms with E-state index in [1.165, 1.54) is 4.90 Å². The number of rotatable bonds is 3. The molecule has 1 aromatic rings. The van der Waals surface area contributed by atoms with Crippen LogP contribution in [-0.4, -0.2) is 35.1 Å². The number of hydrogen-bond donors (Lipinski definition) is 0. The lowest BCUT2D eigenvalue weighted by Gasteiger charge is -2.10. The average molecular weight is 223 g/mol. The molecule has 0 N–H and O–H groups in total. The van der Waals surface area contributed by atoms with Crippen molar-refractivity contribution in [3.63, 3.8) is 0 Å². The van der Waals surface area contributed by atoms with Gasteiger partial charge in [-0.1, -0.05) is 13.8 Å². The van der Waals surface area contributed by atoms with Gasteiger partial charge in [0.2, 0.25) is 0 Å². The van der Waals surface area contributed by atoms with Crippen LogP contribution in [0.3, 0.4) is 0 Å². The minimum absolute atomic E-state index is 0.107. The van der Waals surface area contributed by atoms with Crippen LogP contribution in [0.4, 0.5) is 4.79 Å². The molecule has 0 atom stereocenters. The average Bonchev–Trinajstić information content (AvgIpc) is 2.26. The van der Waals surface area contributed by atoms with Crippen LogP contribution in [0.2, 0.25) is 0 Å². The van der Waals surface area contributed by atoms with E-state index in [0.717, 1.165) is 5.56 Å². The zero-order valence-corrected chi connectivity index (χ0v) is 10.1. The fraction of sp³-hybridized carbons (Fsp3) is 0.545. The van der Waals surface area contributed by atoms with Crippen LogP contribution in [0.25, 0.3) is 0 Å². The monoisotopic (exact) mass is 223 g/mol. The summed E-state index contributed by atoms with van der Waals surface area (Å²) in [6, 6.07) is 0. The van der Waals surface area contributed by atoms with Gasteiger partial charge in [-0.15, -0.1) is 0 Å². The largest absolute Gasteiger partial charge is 0.441 e. The van der Waals surface area contributed by atoms with Crippen molar-refractivity contribution in [1.82, 2.24) is 14.9 Å². The van der Waals surface area contributed by atoms with Gasteiger partial charge in [-0.2, -0.15) is 0 Å². The Morgan fingerprint density at radius 2 is 1.94 bits per heavy atom. The third kappa shape index (κ3) is 3.49. The number of hydrogen-bond acceptors (Lipinski definition) is 4. The minimum atomic E-state index is -0.392. The van der Waals surface area contributed by atoms with Gasteiger partial charge in [0, 0.05) is 26.5 Å². The molecule has 88 valence electrons. The minimum Gasteiger partial charge on any atom is -0.441 e. The number of nitrogens with zero attached hydrogens (tertiary/aromatic N) is 3. The van der Waals surface area contributed by atoms with Crippen molar-refractivity contribution in [3.8, 4) is 0 Å². The summed E-state index contributed by atoms with van der Waals surface area (Å²) in [4.78, 5) is 20.8. The van der Waals surface area contributed by atoms with Gasteiger partial charge in [0.05, 0.1) is 0 Å². The van der Waals surface area contributed by atoms with Gasteiger partial charge in [0.1, 0.15) is 0 Å². The summed E-state index contributed by atoms with van der Waals surface area (Å²) < 4.78 is 4.95.